The van der Waals surface area contributed by atoms with E-state index in [4.69, 9.17) is 0 Å². The van der Waals surface area contributed by atoms with Crippen molar-refractivity contribution in [1.29, 1.82) is 0 Å². The van der Waals surface area contributed by atoms with E-state index in [1.807, 2.05) is 6.92 Å². The number of aromatic nitrogens is 4. The van der Waals surface area contributed by atoms with Crippen LogP contribution in [0.15, 0.2) is 30.5 Å². The molecule has 0 radical (unpaired) electrons. The van der Waals surface area contributed by atoms with Gasteiger partial charge in [-0.2, -0.15) is 5.10 Å². The number of anilines is 2. The van der Waals surface area contributed by atoms with Gasteiger partial charge in [-0.25, -0.2) is 18.7 Å². The average molecular weight is 275 g/mol. The van der Waals surface area contributed by atoms with Gasteiger partial charge in [0.15, 0.2) is 5.82 Å². The van der Waals surface area contributed by atoms with Gasteiger partial charge in [0, 0.05) is 5.39 Å². The predicted molar refractivity (Wildman–Crippen MR) is 71.1 cm³/mol. The Morgan fingerprint density at radius 1 is 1.20 bits per heavy atom. The number of H-pyrrole nitrogens is 1. The Labute approximate surface area is 113 Å². The summed E-state index contributed by atoms with van der Waals surface area (Å²) in [4.78, 5) is 7.77. The molecule has 7 heteroatoms. The molecular weight excluding hydrogens is 264 g/mol. The molecule has 20 heavy (non-hydrogen) atoms. The lowest BCUT2D eigenvalue weighted by molar-refractivity contribution is 0.141. The van der Waals surface area contributed by atoms with E-state index in [2.05, 4.69) is 25.5 Å². The van der Waals surface area contributed by atoms with E-state index in [1.165, 1.54) is 0 Å². The molecule has 0 aliphatic heterocycles. The van der Waals surface area contributed by atoms with Crippen LogP contribution < -0.4 is 5.32 Å². The number of para-hydroxylation sites is 1. The van der Waals surface area contributed by atoms with Crippen molar-refractivity contribution in [1.82, 2.24) is 20.2 Å². The quantitative estimate of drug-likeness (QED) is 0.769. The third kappa shape index (κ3) is 2.18. The Kier molecular flexibility index (Phi) is 3.02. The Morgan fingerprint density at radius 3 is 2.70 bits per heavy atom. The number of hydrogen-bond donors (Lipinski definition) is 2. The molecule has 0 fully saturated rings. The number of fused-ring (bicyclic) bond motifs is 1. The summed E-state index contributed by atoms with van der Waals surface area (Å²) < 4.78 is 25.7. The first-order valence-electron chi connectivity index (χ1n) is 5.97. The number of nitrogens with one attached hydrogen (secondary N) is 2. The molecule has 102 valence electrons. The summed E-state index contributed by atoms with van der Waals surface area (Å²) in [6.07, 6.45) is -1.14. The van der Waals surface area contributed by atoms with Crippen molar-refractivity contribution in [3.05, 3.63) is 42.0 Å². The molecule has 0 unspecified atom stereocenters. The van der Waals surface area contributed by atoms with E-state index < -0.39 is 12.2 Å². The van der Waals surface area contributed by atoms with Crippen molar-refractivity contribution < 1.29 is 8.78 Å². The molecule has 1 aromatic carbocycles. The summed E-state index contributed by atoms with van der Waals surface area (Å²) in [5.74, 6) is -0.150. The van der Waals surface area contributed by atoms with Crippen molar-refractivity contribution in [3.8, 4) is 0 Å². The summed E-state index contributed by atoms with van der Waals surface area (Å²) >= 11 is 0. The normalized spacial score (nSPS) is 11.2. The number of aromatic amines is 1. The van der Waals surface area contributed by atoms with Crippen LogP contribution in [0.1, 0.15) is 17.9 Å². The Bertz CT molecular complexity index is 753. The minimum Gasteiger partial charge on any atom is -0.337 e. The summed E-state index contributed by atoms with van der Waals surface area (Å²) in [5.41, 5.74) is 1.96. The number of aryl methyl sites for hydroxylation is 1. The summed E-state index contributed by atoms with van der Waals surface area (Å²) in [6, 6.07) is 7.01. The Morgan fingerprint density at radius 2 is 2.00 bits per heavy atom. The van der Waals surface area contributed by atoms with E-state index in [-0.39, 0.29) is 0 Å². The lowest BCUT2D eigenvalue weighted by Gasteiger charge is -2.09. The number of nitrogens with zero attached hydrogens (tertiary/aromatic N) is 3. The monoisotopic (exact) mass is 275 g/mol. The highest BCUT2D eigenvalue weighted by atomic mass is 19.3. The van der Waals surface area contributed by atoms with Crippen LogP contribution in [-0.4, -0.2) is 20.2 Å². The average Bonchev–Trinajstić information content (AvgIpc) is 2.84. The fraction of sp³-hybridized carbons (Fsp3) is 0.154. The minimum absolute atomic E-state index is 0.343. The minimum atomic E-state index is -2.72. The van der Waals surface area contributed by atoms with Crippen LogP contribution in [0.4, 0.5) is 20.3 Å². The molecular formula is C13H11F2N5. The molecule has 0 aliphatic carbocycles. The maximum absolute atomic E-state index is 12.9. The Balaban J connectivity index is 2.14. The third-order valence-corrected chi connectivity index (χ3v) is 2.90. The van der Waals surface area contributed by atoms with Crippen molar-refractivity contribution in [2.45, 2.75) is 13.3 Å². The first kappa shape index (κ1) is 12.5. The van der Waals surface area contributed by atoms with Gasteiger partial charge in [-0.05, 0) is 19.1 Å². The highest BCUT2D eigenvalue weighted by molar-refractivity contribution is 5.90. The molecule has 0 saturated carbocycles. The summed E-state index contributed by atoms with van der Waals surface area (Å²) in [6.45, 7) is 1.83. The summed E-state index contributed by atoms with van der Waals surface area (Å²) in [7, 11) is 0. The molecule has 2 heterocycles. The largest absolute Gasteiger partial charge is 0.337 e. The first-order valence-corrected chi connectivity index (χ1v) is 5.97. The number of rotatable bonds is 3. The smallest absolute Gasteiger partial charge is 0.297 e. The van der Waals surface area contributed by atoms with E-state index >= 15 is 0 Å². The first-order chi connectivity index (χ1) is 9.65. The molecule has 2 aromatic heterocycles. The fourth-order valence-corrected chi connectivity index (χ4v) is 1.89. The highest BCUT2D eigenvalue weighted by Gasteiger charge is 2.15. The van der Waals surface area contributed by atoms with Gasteiger partial charge in [-0.1, -0.05) is 12.1 Å². The van der Waals surface area contributed by atoms with Crippen LogP contribution in [0.3, 0.4) is 0 Å². The van der Waals surface area contributed by atoms with Crippen molar-refractivity contribution >= 4 is 22.4 Å². The van der Waals surface area contributed by atoms with Gasteiger partial charge >= 0.3 is 0 Å². The molecule has 3 rings (SSSR count). The molecule has 0 atom stereocenters. The van der Waals surface area contributed by atoms with Crippen LogP contribution in [-0.2, 0) is 0 Å². The van der Waals surface area contributed by atoms with Crippen LogP contribution in [0.2, 0.25) is 0 Å². The van der Waals surface area contributed by atoms with Crippen molar-refractivity contribution in [2.75, 3.05) is 5.32 Å². The SMILES string of the molecule is Cc1[nH]ncc1Nc1nc(C(F)F)nc2ccccc12. The zero-order valence-electron chi connectivity index (χ0n) is 10.6. The van der Waals surface area contributed by atoms with Crippen LogP contribution in [0.25, 0.3) is 10.9 Å². The Hall–Kier alpha value is -2.57. The highest BCUT2D eigenvalue weighted by Crippen LogP contribution is 2.27. The predicted octanol–water partition coefficient (Wildman–Crippen LogP) is 3.34. The molecule has 0 spiro atoms. The molecule has 0 saturated heterocycles. The van der Waals surface area contributed by atoms with E-state index in [0.29, 0.717) is 22.4 Å². The van der Waals surface area contributed by atoms with Gasteiger partial charge < -0.3 is 5.32 Å². The molecule has 0 aliphatic rings. The molecule has 3 aromatic rings. The molecule has 0 amide bonds. The maximum Gasteiger partial charge on any atom is 0.297 e. The van der Waals surface area contributed by atoms with Crippen molar-refractivity contribution in [3.63, 3.8) is 0 Å². The molecule has 5 nitrogen and oxygen atoms in total. The molecule has 0 bridgehead atoms. The van der Waals surface area contributed by atoms with Gasteiger partial charge in [0.2, 0.25) is 0 Å². The zero-order valence-corrected chi connectivity index (χ0v) is 10.6. The second-order valence-corrected chi connectivity index (χ2v) is 4.28. The third-order valence-electron chi connectivity index (χ3n) is 2.90. The standard InChI is InChI=1S/C13H11F2N5/c1-7-10(6-16-20-7)18-12-8-4-2-3-5-9(8)17-13(19-12)11(14)15/h2-6,11H,1H3,(H,16,20)(H,17,18,19). The van der Waals surface area contributed by atoms with Gasteiger partial charge in [0.25, 0.3) is 6.43 Å². The van der Waals surface area contributed by atoms with E-state index in [1.54, 1.807) is 30.5 Å². The maximum atomic E-state index is 12.9. The van der Waals surface area contributed by atoms with Gasteiger partial charge in [0.05, 0.1) is 23.1 Å². The van der Waals surface area contributed by atoms with Gasteiger partial charge in [-0.3, -0.25) is 5.10 Å². The topological polar surface area (TPSA) is 66.5 Å². The number of hydrogen-bond acceptors (Lipinski definition) is 4. The number of halogens is 2. The van der Waals surface area contributed by atoms with Crippen LogP contribution in [0.5, 0.6) is 0 Å². The summed E-state index contributed by atoms with van der Waals surface area (Å²) in [5, 5.41) is 10.3. The van der Waals surface area contributed by atoms with Crippen molar-refractivity contribution in [2.24, 2.45) is 0 Å². The number of alkyl halides is 2. The lowest BCUT2D eigenvalue weighted by atomic mass is 10.2. The molecule has 2 N–H and O–H groups in total. The second-order valence-electron chi connectivity index (χ2n) is 4.28. The zero-order chi connectivity index (χ0) is 14.1. The van der Waals surface area contributed by atoms with Crippen LogP contribution in [0, 0.1) is 6.92 Å². The van der Waals surface area contributed by atoms with Gasteiger partial charge in [0.1, 0.15) is 5.82 Å². The van der Waals surface area contributed by atoms with E-state index in [9.17, 15) is 8.78 Å². The number of benzene rings is 1. The van der Waals surface area contributed by atoms with Crippen LogP contribution >= 0.6 is 0 Å². The lowest BCUT2D eigenvalue weighted by Crippen LogP contribution is -2.02. The fourth-order valence-electron chi connectivity index (χ4n) is 1.89. The second kappa shape index (κ2) is 4.84. The van der Waals surface area contributed by atoms with E-state index in [0.717, 1.165) is 5.69 Å². The van der Waals surface area contributed by atoms with Gasteiger partial charge in [-0.15, -0.1) is 0 Å².